The Labute approximate surface area is 201 Å². The topological polar surface area (TPSA) is 96.6 Å². The molecule has 4 aromatic rings. The van der Waals surface area contributed by atoms with Crippen LogP contribution < -0.4 is 5.56 Å². The predicted octanol–water partition coefficient (Wildman–Crippen LogP) is 4.49. The summed E-state index contributed by atoms with van der Waals surface area (Å²) in [6, 6.07) is 20.1. The molecule has 34 heavy (non-hydrogen) atoms. The molecule has 1 unspecified atom stereocenters. The number of hydrogen-bond donors (Lipinski definition) is 0. The summed E-state index contributed by atoms with van der Waals surface area (Å²) in [5.41, 5.74) is 3.77. The van der Waals surface area contributed by atoms with Crippen LogP contribution in [0, 0.1) is 22.7 Å². The second-order valence-corrected chi connectivity index (χ2v) is 8.20. The molecular formula is C26H20ClN5O2. The molecule has 0 aliphatic heterocycles. The molecular weight excluding hydrogens is 450 g/mol. The van der Waals surface area contributed by atoms with Gasteiger partial charge in [0, 0.05) is 19.1 Å². The quantitative estimate of drug-likeness (QED) is 0.414. The summed E-state index contributed by atoms with van der Waals surface area (Å²) >= 11 is 6.20. The lowest BCUT2D eigenvalue weighted by Gasteiger charge is -2.20. The lowest BCUT2D eigenvalue weighted by Crippen LogP contribution is -2.25. The Hall–Kier alpha value is -4.17. The number of ether oxygens (including phenoxy) is 1. The molecule has 2 aromatic carbocycles. The lowest BCUT2D eigenvalue weighted by atomic mass is 10.00. The van der Waals surface area contributed by atoms with Gasteiger partial charge in [0.1, 0.15) is 17.9 Å². The van der Waals surface area contributed by atoms with Crippen LogP contribution in [0.2, 0.25) is 5.02 Å². The van der Waals surface area contributed by atoms with E-state index >= 15 is 0 Å². The van der Waals surface area contributed by atoms with E-state index in [0.717, 1.165) is 16.8 Å². The zero-order chi connectivity index (χ0) is 24.2. The monoisotopic (exact) mass is 469 g/mol. The number of halogens is 1. The molecule has 0 radical (unpaired) electrons. The van der Waals surface area contributed by atoms with Gasteiger partial charge < -0.3 is 13.9 Å². The smallest absolute Gasteiger partial charge is 0.257 e. The highest BCUT2D eigenvalue weighted by atomic mass is 35.5. The van der Waals surface area contributed by atoms with Crippen molar-refractivity contribution in [2.24, 2.45) is 14.1 Å². The highest BCUT2D eigenvalue weighted by Gasteiger charge is 2.22. The molecule has 8 heteroatoms. The van der Waals surface area contributed by atoms with Gasteiger partial charge in [0.2, 0.25) is 0 Å². The summed E-state index contributed by atoms with van der Waals surface area (Å²) in [5, 5.41) is 19.2. The van der Waals surface area contributed by atoms with Crippen molar-refractivity contribution >= 4 is 11.6 Å². The van der Waals surface area contributed by atoms with Crippen molar-refractivity contribution in [1.29, 1.82) is 10.5 Å². The fraction of sp³-hybridized carbons (Fsp3) is 0.154. The van der Waals surface area contributed by atoms with Crippen LogP contribution in [0.3, 0.4) is 0 Å². The van der Waals surface area contributed by atoms with Gasteiger partial charge in [-0.25, -0.2) is 4.98 Å². The Morgan fingerprint density at radius 3 is 2.47 bits per heavy atom. The molecule has 0 amide bonds. The van der Waals surface area contributed by atoms with Crippen molar-refractivity contribution in [3.05, 3.63) is 111 Å². The Kier molecular flexibility index (Phi) is 6.60. The standard InChI is InChI=1S/C26H20ClN5O2/c1-31-16-30-14-24(31)25(18-8-6-17(12-28)7-9-18)34-15-23-22(19-4-3-5-20(27)10-19)11-21(13-29)32(2)26(23)33/h3-11,14,16,25H,15H2,1-2H3. The zero-order valence-electron chi connectivity index (χ0n) is 18.6. The molecule has 2 heterocycles. The number of hydrogen-bond acceptors (Lipinski definition) is 5. The fourth-order valence-electron chi connectivity index (χ4n) is 3.78. The van der Waals surface area contributed by atoms with E-state index in [0.29, 0.717) is 21.7 Å². The van der Waals surface area contributed by atoms with Gasteiger partial charge in [-0.3, -0.25) is 4.79 Å². The minimum Gasteiger partial charge on any atom is -0.362 e. The lowest BCUT2D eigenvalue weighted by molar-refractivity contribution is 0.0616. The third-order valence-corrected chi connectivity index (χ3v) is 5.88. The number of rotatable bonds is 6. The molecule has 0 fully saturated rings. The number of nitriles is 2. The largest absolute Gasteiger partial charge is 0.362 e. The molecule has 0 saturated heterocycles. The first-order valence-electron chi connectivity index (χ1n) is 10.4. The summed E-state index contributed by atoms with van der Waals surface area (Å²) in [5.74, 6) is 0. The van der Waals surface area contributed by atoms with Crippen LogP contribution >= 0.6 is 11.6 Å². The summed E-state index contributed by atoms with van der Waals surface area (Å²) in [6.07, 6.45) is 2.85. The van der Waals surface area contributed by atoms with E-state index in [1.807, 2.05) is 29.8 Å². The van der Waals surface area contributed by atoms with E-state index < -0.39 is 6.10 Å². The first kappa shape index (κ1) is 23.0. The van der Waals surface area contributed by atoms with Crippen LogP contribution in [-0.2, 0) is 25.4 Å². The van der Waals surface area contributed by atoms with Crippen molar-refractivity contribution in [3.63, 3.8) is 0 Å². The molecule has 1 atom stereocenters. The Balaban J connectivity index is 1.79. The number of benzene rings is 2. The van der Waals surface area contributed by atoms with Crippen LogP contribution in [0.1, 0.15) is 34.2 Å². The van der Waals surface area contributed by atoms with E-state index in [2.05, 4.69) is 17.1 Å². The SMILES string of the molecule is Cn1cncc1C(OCc1c(-c2cccc(Cl)c2)cc(C#N)n(C)c1=O)c1ccc(C#N)cc1. The summed E-state index contributed by atoms with van der Waals surface area (Å²) in [7, 11) is 3.42. The second kappa shape index (κ2) is 9.76. The van der Waals surface area contributed by atoms with Gasteiger partial charge in [-0.1, -0.05) is 35.9 Å². The Morgan fingerprint density at radius 1 is 1.09 bits per heavy atom. The third kappa shape index (κ3) is 4.49. The maximum absolute atomic E-state index is 13.3. The van der Waals surface area contributed by atoms with Gasteiger partial charge in [0.25, 0.3) is 5.56 Å². The maximum Gasteiger partial charge on any atom is 0.257 e. The molecule has 0 aliphatic carbocycles. The van der Waals surface area contributed by atoms with Gasteiger partial charge in [-0.05, 0) is 47.0 Å². The van der Waals surface area contributed by atoms with Crippen LogP contribution in [-0.4, -0.2) is 14.1 Å². The predicted molar refractivity (Wildman–Crippen MR) is 128 cm³/mol. The molecule has 0 bridgehead atoms. The van der Waals surface area contributed by atoms with E-state index in [1.54, 1.807) is 56.0 Å². The minimum absolute atomic E-state index is 0.0178. The van der Waals surface area contributed by atoms with Crippen LogP contribution in [0.25, 0.3) is 11.1 Å². The summed E-state index contributed by atoms with van der Waals surface area (Å²) in [6.45, 7) is -0.0178. The first-order valence-corrected chi connectivity index (χ1v) is 10.8. The van der Waals surface area contributed by atoms with Gasteiger partial charge in [0.05, 0.1) is 42.0 Å². The highest BCUT2D eigenvalue weighted by molar-refractivity contribution is 6.30. The average Bonchev–Trinajstić information content (AvgIpc) is 3.27. The number of nitrogens with zero attached hydrogens (tertiary/aromatic N) is 5. The van der Waals surface area contributed by atoms with Gasteiger partial charge in [-0.2, -0.15) is 10.5 Å². The van der Waals surface area contributed by atoms with Gasteiger partial charge in [0.15, 0.2) is 0 Å². The Bertz CT molecular complexity index is 1490. The molecule has 0 aliphatic rings. The normalized spacial score (nSPS) is 11.6. The summed E-state index contributed by atoms with van der Waals surface area (Å²) < 4.78 is 9.50. The number of aromatic nitrogens is 3. The van der Waals surface area contributed by atoms with Crippen molar-refractivity contribution in [2.75, 3.05) is 0 Å². The van der Waals surface area contributed by atoms with Crippen molar-refractivity contribution in [1.82, 2.24) is 14.1 Å². The fourth-order valence-corrected chi connectivity index (χ4v) is 3.97. The van der Waals surface area contributed by atoms with E-state index in [4.69, 9.17) is 21.6 Å². The first-order chi connectivity index (χ1) is 16.4. The molecule has 0 spiro atoms. The molecule has 4 rings (SSSR count). The van der Waals surface area contributed by atoms with Crippen molar-refractivity contribution < 1.29 is 4.74 Å². The number of imidazole rings is 1. The van der Waals surface area contributed by atoms with Crippen LogP contribution in [0.5, 0.6) is 0 Å². The third-order valence-electron chi connectivity index (χ3n) is 5.64. The zero-order valence-corrected chi connectivity index (χ0v) is 19.3. The maximum atomic E-state index is 13.3. The molecule has 2 aromatic heterocycles. The summed E-state index contributed by atoms with van der Waals surface area (Å²) in [4.78, 5) is 17.5. The molecule has 7 nitrogen and oxygen atoms in total. The number of pyridine rings is 1. The molecule has 0 saturated carbocycles. The van der Waals surface area contributed by atoms with E-state index in [-0.39, 0.29) is 17.9 Å². The van der Waals surface area contributed by atoms with Crippen LogP contribution in [0.4, 0.5) is 0 Å². The van der Waals surface area contributed by atoms with E-state index in [1.165, 1.54) is 4.57 Å². The van der Waals surface area contributed by atoms with Crippen molar-refractivity contribution in [3.8, 4) is 23.3 Å². The Morgan fingerprint density at radius 2 is 1.85 bits per heavy atom. The van der Waals surface area contributed by atoms with Crippen LogP contribution in [0.15, 0.2) is 71.9 Å². The van der Waals surface area contributed by atoms with Gasteiger partial charge in [-0.15, -0.1) is 0 Å². The van der Waals surface area contributed by atoms with Gasteiger partial charge >= 0.3 is 0 Å². The number of aryl methyl sites for hydroxylation is 1. The molecule has 168 valence electrons. The minimum atomic E-state index is -0.534. The molecule has 0 N–H and O–H groups in total. The van der Waals surface area contributed by atoms with Crippen molar-refractivity contribution in [2.45, 2.75) is 12.7 Å². The highest BCUT2D eigenvalue weighted by Crippen LogP contribution is 2.30. The average molecular weight is 470 g/mol. The second-order valence-electron chi connectivity index (χ2n) is 7.76. The van der Waals surface area contributed by atoms with E-state index in [9.17, 15) is 10.1 Å².